The molecule has 0 bridgehead atoms. The maximum atomic E-state index is 10.5. The topological polar surface area (TPSA) is 64.7 Å². The number of aliphatic hydroxyl groups is 1. The van der Waals surface area contributed by atoms with Crippen LogP contribution in [0.2, 0.25) is 0 Å². The number of hydrogen-bond acceptors (Lipinski definition) is 4. The highest BCUT2D eigenvalue weighted by Crippen LogP contribution is 2.40. The summed E-state index contributed by atoms with van der Waals surface area (Å²) in [6.07, 6.45) is 2.50. The number of nitrogens with two attached hydrogens (primary N) is 1. The quantitative estimate of drug-likeness (QED) is 0.705. The van der Waals surface area contributed by atoms with Gasteiger partial charge in [0, 0.05) is 32.3 Å². The van der Waals surface area contributed by atoms with Gasteiger partial charge < -0.3 is 20.3 Å². The largest absolute Gasteiger partial charge is 0.389 e. The Morgan fingerprint density at radius 1 is 1.60 bits per heavy atom. The molecule has 0 aromatic rings. The van der Waals surface area contributed by atoms with Crippen LogP contribution in [0.4, 0.5) is 0 Å². The van der Waals surface area contributed by atoms with Crippen LogP contribution in [0, 0.1) is 5.41 Å². The van der Waals surface area contributed by atoms with E-state index in [1.807, 2.05) is 6.92 Å². The Bertz CT molecular complexity index is 188. The first-order valence-electron chi connectivity index (χ1n) is 5.57. The molecule has 1 saturated heterocycles. The second-order valence-electron chi connectivity index (χ2n) is 4.66. The van der Waals surface area contributed by atoms with Gasteiger partial charge in [-0.15, -0.1) is 0 Å². The van der Waals surface area contributed by atoms with Gasteiger partial charge in [0.25, 0.3) is 0 Å². The van der Waals surface area contributed by atoms with Gasteiger partial charge in [0.05, 0.1) is 12.2 Å². The van der Waals surface area contributed by atoms with Gasteiger partial charge in [0.1, 0.15) is 0 Å². The van der Waals surface area contributed by atoms with Crippen molar-refractivity contribution in [3.05, 3.63) is 0 Å². The molecule has 0 saturated carbocycles. The SMILES string of the molecule is COCCC(C)(O)C1(CN)CCCOC1. The zero-order chi connectivity index (χ0) is 11.4. The van der Waals surface area contributed by atoms with E-state index in [0.29, 0.717) is 26.2 Å². The zero-order valence-electron chi connectivity index (χ0n) is 9.79. The Hall–Kier alpha value is -0.160. The van der Waals surface area contributed by atoms with Crippen LogP contribution >= 0.6 is 0 Å². The van der Waals surface area contributed by atoms with Crippen molar-refractivity contribution in [2.24, 2.45) is 11.1 Å². The Balaban J connectivity index is 2.69. The van der Waals surface area contributed by atoms with E-state index in [1.165, 1.54) is 0 Å². The van der Waals surface area contributed by atoms with Crippen LogP contribution in [0.25, 0.3) is 0 Å². The molecule has 0 aromatic carbocycles. The predicted molar refractivity (Wildman–Crippen MR) is 58.7 cm³/mol. The molecule has 4 heteroatoms. The smallest absolute Gasteiger partial charge is 0.0731 e. The van der Waals surface area contributed by atoms with E-state index in [1.54, 1.807) is 7.11 Å². The van der Waals surface area contributed by atoms with Crippen LogP contribution < -0.4 is 5.73 Å². The normalized spacial score (nSPS) is 31.2. The van der Waals surface area contributed by atoms with E-state index in [0.717, 1.165) is 19.4 Å². The number of methoxy groups -OCH3 is 1. The van der Waals surface area contributed by atoms with Crippen molar-refractivity contribution in [2.75, 3.05) is 33.5 Å². The highest BCUT2D eigenvalue weighted by Gasteiger charge is 2.46. The van der Waals surface area contributed by atoms with E-state index in [2.05, 4.69) is 0 Å². The van der Waals surface area contributed by atoms with Crippen LogP contribution in [0.3, 0.4) is 0 Å². The second-order valence-corrected chi connectivity index (χ2v) is 4.66. The van der Waals surface area contributed by atoms with E-state index in [9.17, 15) is 5.11 Å². The van der Waals surface area contributed by atoms with Gasteiger partial charge in [0.15, 0.2) is 0 Å². The Morgan fingerprint density at radius 2 is 2.33 bits per heavy atom. The molecule has 0 aliphatic carbocycles. The average molecular weight is 217 g/mol. The second kappa shape index (κ2) is 5.25. The van der Waals surface area contributed by atoms with Crippen molar-refractivity contribution in [2.45, 2.75) is 31.8 Å². The van der Waals surface area contributed by atoms with Crippen LogP contribution in [-0.2, 0) is 9.47 Å². The molecule has 0 aromatic heterocycles. The molecule has 3 N–H and O–H groups in total. The van der Waals surface area contributed by atoms with Gasteiger partial charge in [-0.05, 0) is 26.2 Å². The minimum Gasteiger partial charge on any atom is -0.389 e. The lowest BCUT2D eigenvalue weighted by atomic mass is 9.68. The molecule has 1 aliphatic heterocycles. The monoisotopic (exact) mass is 217 g/mol. The minimum atomic E-state index is -0.807. The lowest BCUT2D eigenvalue weighted by Gasteiger charge is -2.47. The summed E-state index contributed by atoms with van der Waals surface area (Å²) < 4.78 is 10.5. The Kier molecular flexibility index (Phi) is 4.52. The first-order chi connectivity index (χ1) is 7.08. The van der Waals surface area contributed by atoms with Gasteiger partial charge >= 0.3 is 0 Å². The summed E-state index contributed by atoms with van der Waals surface area (Å²) in [4.78, 5) is 0. The third kappa shape index (κ3) is 2.69. The highest BCUT2D eigenvalue weighted by atomic mass is 16.5. The fourth-order valence-electron chi connectivity index (χ4n) is 2.22. The summed E-state index contributed by atoms with van der Waals surface area (Å²) >= 11 is 0. The molecule has 4 nitrogen and oxygen atoms in total. The van der Waals surface area contributed by atoms with Crippen molar-refractivity contribution in [1.29, 1.82) is 0 Å². The zero-order valence-corrected chi connectivity index (χ0v) is 9.79. The number of rotatable bonds is 5. The van der Waals surface area contributed by atoms with Crippen LogP contribution in [0.15, 0.2) is 0 Å². The van der Waals surface area contributed by atoms with Gasteiger partial charge in [-0.3, -0.25) is 0 Å². The summed E-state index contributed by atoms with van der Waals surface area (Å²) in [5.41, 5.74) is 4.71. The molecule has 2 unspecified atom stereocenters. The van der Waals surface area contributed by atoms with E-state index < -0.39 is 5.60 Å². The van der Waals surface area contributed by atoms with Crippen molar-refractivity contribution < 1.29 is 14.6 Å². The molecule has 0 spiro atoms. The van der Waals surface area contributed by atoms with Gasteiger partial charge in [-0.1, -0.05) is 0 Å². The Labute approximate surface area is 91.7 Å². The van der Waals surface area contributed by atoms with Crippen molar-refractivity contribution in [1.82, 2.24) is 0 Å². The maximum Gasteiger partial charge on any atom is 0.0731 e. The van der Waals surface area contributed by atoms with E-state index in [-0.39, 0.29) is 5.41 Å². The lowest BCUT2D eigenvalue weighted by molar-refractivity contribution is -0.142. The van der Waals surface area contributed by atoms with Crippen LogP contribution in [-0.4, -0.2) is 44.2 Å². The molecule has 1 aliphatic rings. The van der Waals surface area contributed by atoms with E-state index in [4.69, 9.17) is 15.2 Å². The predicted octanol–water partition coefficient (Wildman–Crippen LogP) is 0.529. The standard InChI is InChI=1S/C11H23NO3/c1-10(13,5-7-14-2)11(8-12)4-3-6-15-9-11/h13H,3-9,12H2,1-2H3. The third-order valence-corrected chi connectivity index (χ3v) is 3.65. The molecular weight excluding hydrogens is 194 g/mol. The van der Waals surface area contributed by atoms with Crippen molar-refractivity contribution in [3.63, 3.8) is 0 Å². The molecule has 0 amide bonds. The summed E-state index contributed by atoms with van der Waals surface area (Å²) in [6, 6.07) is 0. The molecule has 1 rings (SSSR count). The molecule has 15 heavy (non-hydrogen) atoms. The highest BCUT2D eigenvalue weighted by molar-refractivity contribution is 4.98. The van der Waals surface area contributed by atoms with Gasteiger partial charge in [-0.2, -0.15) is 0 Å². The van der Waals surface area contributed by atoms with Gasteiger partial charge in [-0.25, -0.2) is 0 Å². The third-order valence-electron chi connectivity index (χ3n) is 3.65. The van der Waals surface area contributed by atoms with Gasteiger partial charge in [0.2, 0.25) is 0 Å². The average Bonchev–Trinajstić information content (AvgIpc) is 2.27. The van der Waals surface area contributed by atoms with Crippen LogP contribution in [0.1, 0.15) is 26.2 Å². The van der Waals surface area contributed by atoms with Crippen molar-refractivity contribution in [3.8, 4) is 0 Å². The minimum absolute atomic E-state index is 0.302. The summed E-state index contributed by atoms with van der Waals surface area (Å²) in [6.45, 7) is 4.19. The lowest BCUT2D eigenvalue weighted by Crippen LogP contribution is -2.55. The first kappa shape index (κ1) is 12.9. The first-order valence-corrected chi connectivity index (χ1v) is 5.57. The molecule has 2 atom stereocenters. The number of hydrogen-bond donors (Lipinski definition) is 2. The maximum absolute atomic E-state index is 10.5. The summed E-state index contributed by atoms with van der Waals surface area (Å²) in [7, 11) is 1.64. The molecule has 1 heterocycles. The van der Waals surface area contributed by atoms with Crippen LogP contribution in [0.5, 0.6) is 0 Å². The fourth-order valence-corrected chi connectivity index (χ4v) is 2.22. The Morgan fingerprint density at radius 3 is 2.80 bits per heavy atom. The summed E-state index contributed by atoms with van der Waals surface area (Å²) in [5.74, 6) is 0. The molecular formula is C11H23NO3. The fraction of sp³-hybridized carbons (Fsp3) is 1.00. The number of ether oxygens (including phenoxy) is 2. The van der Waals surface area contributed by atoms with Crippen molar-refractivity contribution >= 4 is 0 Å². The molecule has 90 valence electrons. The summed E-state index contributed by atoms with van der Waals surface area (Å²) in [5, 5.41) is 10.5. The molecule has 0 radical (unpaired) electrons. The van der Waals surface area contributed by atoms with E-state index >= 15 is 0 Å². The molecule has 1 fully saturated rings.